The van der Waals surface area contributed by atoms with Crippen LogP contribution < -0.4 is 4.74 Å². The van der Waals surface area contributed by atoms with Gasteiger partial charge in [0.25, 0.3) is 0 Å². The second-order valence-corrected chi connectivity index (χ2v) is 13.6. The van der Waals surface area contributed by atoms with Crippen molar-refractivity contribution >= 4 is 0 Å². The van der Waals surface area contributed by atoms with E-state index in [0.717, 1.165) is 54.6 Å². The summed E-state index contributed by atoms with van der Waals surface area (Å²) in [5.74, 6) is 2.70. The van der Waals surface area contributed by atoms with E-state index in [0.29, 0.717) is 17.2 Å². The van der Waals surface area contributed by atoms with Crippen molar-refractivity contribution in [1.29, 1.82) is 0 Å². The Morgan fingerprint density at radius 2 is 1.45 bits per heavy atom. The highest BCUT2D eigenvalue weighted by atomic mass is 16.5. The van der Waals surface area contributed by atoms with Gasteiger partial charge in [-0.25, -0.2) is 0 Å². The molecule has 0 amide bonds. The summed E-state index contributed by atoms with van der Waals surface area (Å²) in [6.07, 6.45) is 13.5. The highest BCUT2D eigenvalue weighted by molar-refractivity contribution is 5.54. The first-order valence-electron chi connectivity index (χ1n) is 15.9. The minimum atomic E-state index is -0.177. The maximum Gasteiger partial charge on any atom is 0.127 e. The number of ether oxygens (including phenoxy) is 1. The summed E-state index contributed by atoms with van der Waals surface area (Å²) < 4.78 is 6.36. The average molecular weight is 573 g/mol. The van der Waals surface area contributed by atoms with Gasteiger partial charge in [-0.15, -0.1) is 0 Å². The lowest BCUT2D eigenvalue weighted by molar-refractivity contribution is 0.0107. The highest BCUT2D eigenvalue weighted by Gasteiger charge is 2.45. The number of phenols is 3. The van der Waals surface area contributed by atoms with Gasteiger partial charge in [0.05, 0.1) is 0 Å². The molecular formula is C38H52O4. The van der Waals surface area contributed by atoms with Gasteiger partial charge in [0, 0.05) is 28.9 Å². The zero-order valence-electron chi connectivity index (χ0n) is 26.9. The number of fused-ring (bicyclic) bond motifs is 3. The van der Waals surface area contributed by atoms with Crippen LogP contribution in [0.2, 0.25) is 0 Å². The molecule has 2 aliphatic carbocycles. The van der Waals surface area contributed by atoms with Gasteiger partial charge >= 0.3 is 0 Å². The Kier molecular flexibility index (Phi) is 9.85. The summed E-state index contributed by atoms with van der Waals surface area (Å²) in [6, 6.07) is 7.55. The zero-order valence-corrected chi connectivity index (χ0v) is 26.9. The van der Waals surface area contributed by atoms with Crippen LogP contribution in [0.15, 0.2) is 59.7 Å². The van der Waals surface area contributed by atoms with Crippen molar-refractivity contribution in [3.8, 4) is 23.0 Å². The van der Waals surface area contributed by atoms with E-state index >= 15 is 0 Å². The molecule has 3 N–H and O–H groups in total. The van der Waals surface area contributed by atoms with Crippen molar-refractivity contribution in [3.63, 3.8) is 0 Å². The first-order valence-corrected chi connectivity index (χ1v) is 15.9. The summed E-state index contributed by atoms with van der Waals surface area (Å²) >= 11 is 0. The van der Waals surface area contributed by atoms with Crippen LogP contribution in [0.3, 0.4) is 0 Å². The van der Waals surface area contributed by atoms with Crippen molar-refractivity contribution in [2.24, 2.45) is 11.8 Å². The third-order valence-corrected chi connectivity index (χ3v) is 9.59. The molecule has 2 aromatic carbocycles. The molecule has 0 saturated heterocycles. The molecule has 4 nitrogen and oxygen atoms in total. The molecule has 0 unspecified atom stereocenters. The van der Waals surface area contributed by atoms with Gasteiger partial charge in [0.2, 0.25) is 0 Å². The number of hydrogen-bond donors (Lipinski definition) is 3. The second kappa shape index (κ2) is 13.0. The molecule has 0 radical (unpaired) electrons. The molecule has 228 valence electrons. The lowest BCUT2D eigenvalue weighted by Gasteiger charge is -2.46. The summed E-state index contributed by atoms with van der Waals surface area (Å²) in [4.78, 5) is 0. The summed E-state index contributed by atoms with van der Waals surface area (Å²) in [5, 5.41) is 31.1. The predicted molar refractivity (Wildman–Crippen MR) is 174 cm³/mol. The maximum atomic E-state index is 10.7. The van der Waals surface area contributed by atoms with Gasteiger partial charge in [-0.05, 0) is 121 Å². The van der Waals surface area contributed by atoms with E-state index in [-0.39, 0.29) is 34.9 Å². The summed E-state index contributed by atoms with van der Waals surface area (Å²) in [6.45, 7) is 18.9. The number of unbranched alkanes of at least 4 members (excludes halogenated alkanes) is 2. The Morgan fingerprint density at radius 1 is 0.857 bits per heavy atom. The first kappa shape index (κ1) is 31.8. The fourth-order valence-electron chi connectivity index (χ4n) is 7.31. The molecule has 1 aliphatic heterocycles. The standard InChI is InChI=1S/C21H30O2.C17H22O2/c1-5-6-7-8-15-12-18(22)20-16-11-14(2)9-10-17(16)21(3,4)23-19(20)13-15;1-10(2)13-6-5-11(3)7-14(13)17-15(18)8-12(4)9-16(17)19/h11-13,16-17,22H,5-10H2,1-4H3;7-9,13-14,18-19H,1,5-6H2,2-4H3/t16-,17-;13-,14+/m10/s1. The van der Waals surface area contributed by atoms with Crippen LogP contribution in [0.1, 0.15) is 121 Å². The molecule has 2 aromatic rings. The van der Waals surface area contributed by atoms with Crippen molar-refractivity contribution in [3.05, 3.63) is 82.0 Å². The van der Waals surface area contributed by atoms with Crippen LogP contribution in [0.25, 0.3) is 0 Å². The van der Waals surface area contributed by atoms with Crippen LogP contribution in [-0.2, 0) is 6.42 Å². The molecule has 0 aromatic heterocycles. The zero-order chi connectivity index (χ0) is 30.8. The molecule has 42 heavy (non-hydrogen) atoms. The van der Waals surface area contributed by atoms with E-state index in [1.165, 1.54) is 36.0 Å². The van der Waals surface area contributed by atoms with Crippen molar-refractivity contribution in [2.75, 3.05) is 0 Å². The van der Waals surface area contributed by atoms with Gasteiger partial charge in [-0.3, -0.25) is 0 Å². The average Bonchev–Trinajstić information content (AvgIpc) is 2.87. The third kappa shape index (κ3) is 6.90. The lowest BCUT2D eigenvalue weighted by atomic mass is 9.68. The van der Waals surface area contributed by atoms with Crippen LogP contribution in [0.4, 0.5) is 0 Å². The van der Waals surface area contributed by atoms with Gasteiger partial charge in [-0.2, -0.15) is 0 Å². The van der Waals surface area contributed by atoms with Crippen LogP contribution in [-0.4, -0.2) is 20.9 Å². The lowest BCUT2D eigenvalue weighted by Crippen LogP contribution is -2.45. The Bertz CT molecular complexity index is 1340. The first-order chi connectivity index (χ1) is 19.8. The number of aromatic hydroxyl groups is 3. The van der Waals surface area contributed by atoms with E-state index < -0.39 is 0 Å². The number of hydrogen-bond acceptors (Lipinski definition) is 4. The molecule has 0 saturated carbocycles. The maximum absolute atomic E-state index is 10.7. The number of allylic oxidation sites excluding steroid dienone is 5. The number of rotatable bonds is 6. The molecule has 5 rings (SSSR count). The van der Waals surface area contributed by atoms with Crippen molar-refractivity contribution < 1.29 is 20.1 Å². The van der Waals surface area contributed by atoms with E-state index in [2.05, 4.69) is 59.4 Å². The Hall–Kier alpha value is -3.14. The molecule has 1 heterocycles. The fourth-order valence-corrected chi connectivity index (χ4v) is 7.31. The van der Waals surface area contributed by atoms with E-state index in [1.54, 1.807) is 12.1 Å². The van der Waals surface area contributed by atoms with Crippen molar-refractivity contribution in [1.82, 2.24) is 0 Å². The van der Waals surface area contributed by atoms with E-state index in [4.69, 9.17) is 4.74 Å². The molecule has 3 aliphatic rings. The summed E-state index contributed by atoms with van der Waals surface area (Å²) in [7, 11) is 0. The van der Waals surface area contributed by atoms with Crippen LogP contribution in [0, 0.1) is 18.8 Å². The molecule has 4 atom stereocenters. The minimum absolute atomic E-state index is 0.0202. The largest absolute Gasteiger partial charge is 0.507 e. The van der Waals surface area contributed by atoms with Gasteiger partial charge < -0.3 is 20.1 Å². The third-order valence-electron chi connectivity index (χ3n) is 9.59. The topological polar surface area (TPSA) is 69.9 Å². The highest BCUT2D eigenvalue weighted by Crippen LogP contribution is 2.53. The van der Waals surface area contributed by atoms with Crippen LogP contribution >= 0.6 is 0 Å². The smallest absolute Gasteiger partial charge is 0.127 e. The molecule has 0 bridgehead atoms. The fraction of sp³-hybridized carbons (Fsp3) is 0.526. The second-order valence-electron chi connectivity index (χ2n) is 13.6. The Labute approximate surface area is 253 Å². The number of benzene rings is 2. The molecule has 0 fully saturated rings. The Balaban J connectivity index is 0.000000197. The van der Waals surface area contributed by atoms with E-state index in [1.807, 2.05) is 19.9 Å². The van der Waals surface area contributed by atoms with Gasteiger partial charge in [0.15, 0.2) is 0 Å². The van der Waals surface area contributed by atoms with Crippen LogP contribution in [0.5, 0.6) is 23.0 Å². The normalized spacial score (nSPS) is 24.2. The van der Waals surface area contributed by atoms with Gasteiger partial charge in [-0.1, -0.05) is 55.2 Å². The van der Waals surface area contributed by atoms with Gasteiger partial charge in [0.1, 0.15) is 28.6 Å². The summed E-state index contributed by atoms with van der Waals surface area (Å²) in [5.41, 5.74) is 7.37. The number of phenolic OH excluding ortho intramolecular Hbond substituents is 3. The monoisotopic (exact) mass is 572 g/mol. The number of aryl methyl sites for hydroxylation is 2. The molecule has 0 spiro atoms. The molecule has 4 heteroatoms. The molecular weight excluding hydrogens is 520 g/mol. The quantitative estimate of drug-likeness (QED) is 0.238. The Morgan fingerprint density at radius 3 is 2.07 bits per heavy atom. The SMILES string of the molecule is C=C(C)[C@@H]1CCC(C)=C[C@H]1c1c(O)cc(C)cc1O.CCCCCc1cc(O)c2c(c1)OC(C)(C)[C@@H]1CCC(C)=C[C@@H]21. The predicted octanol–water partition coefficient (Wildman–Crippen LogP) is 10.2. The minimum Gasteiger partial charge on any atom is -0.507 e. The van der Waals surface area contributed by atoms with E-state index in [9.17, 15) is 15.3 Å². The van der Waals surface area contributed by atoms with Crippen molar-refractivity contribution in [2.45, 2.75) is 117 Å².